The molecule has 5 rings (SSSR count). The highest BCUT2D eigenvalue weighted by atomic mass is 16.5. The second-order valence-electron chi connectivity index (χ2n) is 11.5. The summed E-state index contributed by atoms with van der Waals surface area (Å²) in [6.45, 7) is 6.48. The molecule has 0 radical (unpaired) electrons. The molecule has 6 heteroatoms. The summed E-state index contributed by atoms with van der Waals surface area (Å²) >= 11 is 0. The Labute approximate surface area is 225 Å². The first-order valence-electron chi connectivity index (χ1n) is 13.6. The van der Waals surface area contributed by atoms with Crippen molar-refractivity contribution in [2.75, 3.05) is 7.11 Å². The van der Waals surface area contributed by atoms with Crippen LogP contribution in [0.2, 0.25) is 0 Å². The number of nitrogens with zero attached hydrogens (tertiary/aromatic N) is 1. The van der Waals surface area contributed by atoms with Crippen molar-refractivity contribution in [3.63, 3.8) is 0 Å². The monoisotopic (exact) mass is 515 g/mol. The molecule has 1 aliphatic heterocycles. The third-order valence-electron chi connectivity index (χ3n) is 7.93. The van der Waals surface area contributed by atoms with E-state index in [9.17, 15) is 9.59 Å². The van der Waals surface area contributed by atoms with Gasteiger partial charge in [0.2, 0.25) is 0 Å². The zero-order valence-electron chi connectivity index (χ0n) is 22.8. The van der Waals surface area contributed by atoms with Crippen LogP contribution in [0.25, 0.3) is 0 Å². The molecular formula is C32H37NO5. The molecule has 1 unspecified atom stereocenters. The van der Waals surface area contributed by atoms with E-state index in [0.29, 0.717) is 42.2 Å². The number of esters is 1. The molecule has 2 aromatic carbocycles. The molecule has 6 nitrogen and oxygen atoms in total. The average molecular weight is 516 g/mol. The van der Waals surface area contributed by atoms with Gasteiger partial charge < -0.3 is 14.2 Å². The zero-order valence-corrected chi connectivity index (χ0v) is 22.8. The minimum Gasteiger partial charge on any atom is -0.493 e. The van der Waals surface area contributed by atoms with E-state index in [1.807, 2.05) is 55.5 Å². The van der Waals surface area contributed by atoms with Crippen molar-refractivity contribution in [2.24, 2.45) is 16.3 Å². The Balaban J connectivity index is 1.51. The number of hydrogen-bond donors (Lipinski definition) is 0. The van der Waals surface area contributed by atoms with Crippen LogP contribution < -0.4 is 9.47 Å². The van der Waals surface area contributed by atoms with Crippen LogP contribution >= 0.6 is 0 Å². The smallest absolute Gasteiger partial charge is 0.315 e. The molecule has 2 atom stereocenters. The Morgan fingerprint density at radius 3 is 2.47 bits per heavy atom. The van der Waals surface area contributed by atoms with E-state index in [1.165, 1.54) is 0 Å². The van der Waals surface area contributed by atoms with E-state index in [0.717, 1.165) is 42.5 Å². The molecule has 2 aliphatic carbocycles. The highest BCUT2D eigenvalue weighted by Crippen LogP contribution is 2.49. The average Bonchev–Trinajstić information content (AvgIpc) is 3.39. The quantitative estimate of drug-likeness (QED) is 0.390. The van der Waals surface area contributed by atoms with Gasteiger partial charge in [-0.1, -0.05) is 50.2 Å². The first kappa shape index (κ1) is 26.2. The van der Waals surface area contributed by atoms with Gasteiger partial charge in [-0.25, -0.2) is 0 Å². The lowest BCUT2D eigenvalue weighted by molar-refractivity contribution is -0.151. The van der Waals surface area contributed by atoms with Gasteiger partial charge in [-0.3, -0.25) is 14.6 Å². The first-order chi connectivity index (χ1) is 18.3. The number of hydrogen-bond acceptors (Lipinski definition) is 6. The van der Waals surface area contributed by atoms with Crippen LogP contribution in [0.3, 0.4) is 0 Å². The number of methoxy groups -OCH3 is 1. The maximum absolute atomic E-state index is 13.6. The Bertz CT molecular complexity index is 1270. The van der Waals surface area contributed by atoms with Crippen LogP contribution in [0.15, 0.2) is 64.8 Å². The topological polar surface area (TPSA) is 74.2 Å². The molecule has 1 saturated carbocycles. The molecule has 1 heterocycles. The van der Waals surface area contributed by atoms with Crippen molar-refractivity contribution < 1.29 is 23.8 Å². The van der Waals surface area contributed by atoms with Gasteiger partial charge in [-0.2, -0.15) is 0 Å². The standard InChI is InChI=1S/C32H37NO5/c1-20-28(31(35)38-23-12-8-9-13-23)29(30-24(33-20)17-32(2,3)18-25(30)34)22-14-15-26(27(16-22)36-4)37-19-21-10-6-5-7-11-21/h5-7,10-11,14-16,23,28-29H,8-9,12-13,17-19H2,1-4H3/t28?,29-/m0/s1. The molecule has 0 amide bonds. The van der Waals surface area contributed by atoms with E-state index >= 15 is 0 Å². The summed E-state index contributed by atoms with van der Waals surface area (Å²) in [5.41, 5.74) is 3.85. The zero-order chi connectivity index (χ0) is 26.9. The fourth-order valence-electron chi connectivity index (χ4n) is 6.09. The second-order valence-corrected chi connectivity index (χ2v) is 11.5. The minimum absolute atomic E-state index is 0.0551. The van der Waals surface area contributed by atoms with Crippen molar-refractivity contribution in [1.82, 2.24) is 0 Å². The molecule has 0 bridgehead atoms. The third kappa shape index (κ3) is 5.40. The number of ether oxygens (including phenoxy) is 3. The Hall–Kier alpha value is -3.41. The SMILES string of the molecule is COc1cc([C@@H]2C3=C(CC(C)(C)CC3=O)N=C(C)C2C(=O)OC2CCCC2)ccc1OCc1ccccc1. The Morgan fingerprint density at radius 2 is 1.76 bits per heavy atom. The number of aliphatic imine (C=N–C) groups is 1. The van der Waals surface area contributed by atoms with Gasteiger partial charge in [-0.05, 0) is 67.7 Å². The van der Waals surface area contributed by atoms with Crippen molar-refractivity contribution in [3.05, 3.63) is 70.9 Å². The minimum atomic E-state index is -0.652. The molecule has 0 spiro atoms. The van der Waals surface area contributed by atoms with Gasteiger partial charge in [-0.15, -0.1) is 0 Å². The van der Waals surface area contributed by atoms with Gasteiger partial charge in [0.25, 0.3) is 0 Å². The van der Waals surface area contributed by atoms with Crippen molar-refractivity contribution >= 4 is 17.5 Å². The van der Waals surface area contributed by atoms with Gasteiger partial charge in [0.1, 0.15) is 18.6 Å². The highest BCUT2D eigenvalue weighted by Gasteiger charge is 2.46. The van der Waals surface area contributed by atoms with Crippen molar-refractivity contribution in [1.29, 1.82) is 0 Å². The van der Waals surface area contributed by atoms with E-state index < -0.39 is 11.8 Å². The number of carbonyl (C=O) groups is 2. The molecule has 38 heavy (non-hydrogen) atoms. The largest absolute Gasteiger partial charge is 0.493 e. The number of rotatable bonds is 7. The van der Waals surface area contributed by atoms with Crippen LogP contribution in [0.5, 0.6) is 11.5 Å². The van der Waals surface area contributed by atoms with Gasteiger partial charge >= 0.3 is 5.97 Å². The van der Waals surface area contributed by atoms with E-state index in [4.69, 9.17) is 19.2 Å². The molecule has 2 aromatic rings. The summed E-state index contributed by atoms with van der Waals surface area (Å²) in [7, 11) is 1.60. The molecular weight excluding hydrogens is 478 g/mol. The van der Waals surface area contributed by atoms with Crippen LogP contribution in [0.1, 0.15) is 76.3 Å². The second kappa shape index (κ2) is 10.8. The third-order valence-corrected chi connectivity index (χ3v) is 7.93. The van der Waals surface area contributed by atoms with E-state index in [-0.39, 0.29) is 23.3 Å². The lowest BCUT2D eigenvalue weighted by Gasteiger charge is -2.39. The summed E-state index contributed by atoms with van der Waals surface area (Å²) in [4.78, 5) is 32.1. The molecule has 200 valence electrons. The molecule has 0 N–H and O–H groups in total. The first-order valence-corrected chi connectivity index (χ1v) is 13.6. The summed E-state index contributed by atoms with van der Waals surface area (Å²) in [5, 5.41) is 0. The fourth-order valence-corrected chi connectivity index (χ4v) is 6.09. The van der Waals surface area contributed by atoms with Crippen LogP contribution in [0.4, 0.5) is 0 Å². The Kier molecular flexibility index (Phi) is 7.42. The number of allylic oxidation sites excluding steroid dienone is 2. The van der Waals surface area contributed by atoms with Crippen molar-refractivity contribution in [2.45, 2.75) is 77.9 Å². The molecule has 0 saturated heterocycles. The van der Waals surface area contributed by atoms with E-state index in [2.05, 4.69) is 13.8 Å². The summed E-state index contributed by atoms with van der Waals surface area (Å²) in [5.74, 6) is -0.198. The van der Waals surface area contributed by atoms with Crippen LogP contribution in [-0.2, 0) is 20.9 Å². The normalized spacial score (nSPS) is 23.1. The number of benzene rings is 2. The molecule has 1 fully saturated rings. The number of carbonyl (C=O) groups excluding carboxylic acids is 2. The summed E-state index contributed by atoms with van der Waals surface area (Å²) < 4.78 is 17.8. The maximum atomic E-state index is 13.6. The van der Waals surface area contributed by atoms with Gasteiger partial charge in [0.15, 0.2) is 17.3 Å². The molecule has 3 aliphatic rings. The predicted molar refractivity (Wildman–Crippen MR) is 147 cm³/mol. The predicted octanol–water partition coefficient (Wildman–Crippen LogP) is 6.58. The summed E-state index contributed by atoms with van der Waals surface area (Å²) in [6, 6.07) is 15.7. The maximum Gasteiger partial charge on any atom is 0.315 e. The molecule has 0 aromatic heterocycles. The van der Waals surface area contributed by atoms with E-state index in [1.54, 1.807) is 7.11 Å². The van der Waals surface area contributed by atoms with Gasteiger partial charge in [0.05, 0.1) is 7.11 Å². The van der Waals surface area contributed by atoms with Crippen LogP contribution in [-0.4, -0.2) is 30.7 Å². The van der Waals surface area contributed by atoms with Crippen molar-refractivity contribution in [3.8, 4) is 11.5 Å². The highest BCUT2D eigenvalue weighted by molar-refractivity contribution is 6.09. The van der Waals surface area contributed by atoms with Gasteiger partial charge in [0, 0.05) is 29.3 Å². The fraction of sp³-hybridized carbons (Fsp3) is 0.469. The van der Waals surface area contributed by atoms with Crippen LogP contribution in [0, 0.1) is 11.3 Å². The lowest BCUT2D eigenvalue weighted by Crippen LogP contribution is -2.40. The lowest BCUT2D eigenvalue weighted by atomic mass is 9.67. The Morgan fingerprint density at radius 1 is 1.03 bits per heavy atom. The number of Topliss-reactive ketones (excluding diaryl/α,β-unsaturated/α-hetero) is 1. The summed E-state index contributed by atoms with van der Waals surface area (Å²) in [6.07, 6.45) is 4.99. The number of ketones is 1.